The van der Waals surface area contributed by atoms with Crippen molar-refractivity contribution in [2.75, 3.05) is 26.8 Å². The zero-order chi connectivity index (χ0) is 22.0. The molecule has 0 aliphatic rings. The summed E-state index contributed by atoms with van der Waals surface area (Å²) in [6, 6.07) is 6.07. The van der Waals surface area contributed by atoms with E-state index in [0.717, 1.165) is 43.4 Å². The summed E-state index contributed by atoms with van der Waals surface area (Å²) in [6.45, 7) is 12.7. The van der Waals surface area contributed by atoms with Crippen LogP contribution in [0, 0.1) is 0 Å². The van der Waals surface area contributed by atoms with Crippen molar-refractivity contribution >= 4 is 29.9 Å². The van der Waals surface area contributed by atoms with Crippen molar-refractivity contribution in [2.24, 2.45) is 4.99 Å². The normalized spacial score (nSPS) is 11.6. The van der Waals surface area contributed by atoms with Crippen LogP contribution in [0.1, 0.15) is 58.3 Å². The van der Waals surface area contributed by atoms with Crippen molar-refractivity contribution in [2.45, 2.75) is 59.4 Å². The molecule has 2 aromatic rings. The lowest BCUT2D eigenvalue weighted by Gasteiger charge is -2.12. The Bertz CT molecular complexity index is 818. The van der Waals surface area contributed by atoms with Crippen LogP contribution in [-0.2, 0) is 18.4 Å². The van der Waals surface area contributed by atoms with E-state index in [1.165, 1.54) is 5.56 Å². The SMILES string of the molecule is CCNC(=NCc1noc(C(C)(C)C)n1)NCCCc1ccc(OC)c(OCC)c1.I. The molecular weight excluding hydrogens is 509 g/mol. The number of aromatic nitrogens is 2. The van der Waals surface area contributed by atoms with E-state index < -0.39 is 0 Å². The highest BCUT2D eigenvalue weighted by Gasteiger charge is 2.21. The number of methoxy groups -OCH3 is 1. The van der Waals surface area contributed by atoms with Gasteiger partial charge in [0.05, 0.1) is 13.7 Å². The fraction of sp³-hybridized carbons (Fsp3) is 0.591. The summed E-state index contributed by atoms with van der Waals surface area (Å²) >= 11 is 0. The largest absolute Gasteiger partial charge is 0.493 e. The van der Waals surface area contributed by atoms with Gasteiger partial charge in [0.25, 0.3) is 0 Å². The van der Waals surface area contributed by atoms with Gasteiger partial charge in [0, 0.05) is 18.5 Å². The minimum absolute atomic E-state index is 0. The van der Waals surface area contributed by atoms with Gasteiger partial charge in [-0.2, -0.15) is 4.98 Å². The third kappa shape index (κ3) is 8.92. The van der Waals surface area contributed by atoms with Gasteiger partial charge < -0.3 is 24.6 Å². The smallest absolute Gasteiger partial charge is 0.232 e. The molecule has 0 saturated carbocycles. The van der Waals surface area contributed by atoms with Gasteiger partial charge in [0.2, 0.25) is 5.89 Å². The second-order valence-corrected chi connectivity index (χ2v) is 7.91. The number of aliphatic imine (C=N–C) groups is 1. The molecule has 174 valence electrons. The molecule has 2 rings (SSSR count). The molecule has 0 amide bonds. The van der Waals surface area contributed by atoms with Crippen molar-refractivity contribution in [1.29, 1.82) is 0 Å². The number of hydrogen-bond acceptors (Lipinski definition) is 6. The van der Waals surface area contributed by atoms with E-state index in [4.69, 9.17) is 14.0 Å². The first kappa shape index (κ1) is 27.0. The summed E-state index contributed by atoms with van der Waals surface area (Å²) in [5.74, 6) is 3.49. The molecule has 0 fully saturated rings. The summed E-state index contributed by atoms with van der Waals surface area (Å²) in [5, 5.41) is 10.6. The Morgan fingerprint density at radius 1 is 1.16 bits per heavy atom. The molecule has 0 radical (unpaired) electrons. The van der Waals surface area contributed by atoms with Crippen LogP contribution >= 0.6 is 24.0 Å². The summed E-state index contributed by atoms with van der Waals surface area (Å²) in [6.07, 6.45) is 1.88. The predicted molar refractivity (Wildman–Crippen MR) is 134 cm³/mol. The van der Waals surface area contributed by atoms with E-state index >= 15 is 0 Å². The highest BCUT2D eigenvalue weighted by atomic mass is 127. The maximum absolute atomic E-state index is 5.65. The zero-order valence-corrected chi connectivity index (χ0v) is 21.8. The maximum atomic E-state index is 5.65. The standard InChI is InChI=1S/C22H35N5O3.HI/c1-7-23-21(25-15-19-26-20(30-27-19)22(3,4)5)24-13-9-10-16-11-12-17(28-6)18(14-16)29-8-2;/h11-12,14H,7-10,13,15H2,1-6H3,(H2,23,24,25);1H. The molecule has 0 aliphatic carbocycles. The number of halogens is 1. The number of aryl methyl sites for hydroxylation is 1. The van der Waals surface area contributed by atoms with Gasteiger partial charge in [-0.15, -0.1) is 24.0 Å². The molecule has 0 aliphatic heterocycles. The molecule has 1 aromatic carbocycles. The molecule has 0 spiro atoms. The van der Waals surface area contributed by atoms with Gasteiger partial charge in [-0.05, 0) is 44.4 Å². The average molecular weight is 545 g/mol. The number of nitrogens with one attached hydrogen (secondary N) is 2. The van der Waals surface area contributed by atoms with Crippen molar-refractivity contribution in [3.8, 4) is 11.5 Å². The summed E-state index contributed by atoms with van der Waals surface area (Å²) < 4.78 is 16.3. The maximum Gasteiger partial charge on any atom is 0.232 e. The van der Waals surface area contributed by atoms with Crippen molar-refractivity contribution < 1.29 is 14.0 Å². The molecule has 0 unspecified atom stereocenters. The first-order chi connectivity index (χ1) is 14.4. The molecule has 2 N–H and O–H groups in total. The number of ether oxygens (including phenoxy) is 2. The Morgan fingerprint density at radius 3 is 2.55 bits per heavy atom. The van der Waals surface area contributed by atoms with Crippen LogP contribution in [0.4, 0.5) is 0 Å². The number of benzene rings is 1. The van der Waals surface area contributed by atoms with E-state index in [2.05, 4.69) is 31.8 Å². The van der Waals surface area contributed by atoms with Crippen LogP contribution in [0.3, 0.4) is 0 Å². The topological polar surface area (TPSA) is 93.8 Å². The van der Waals surface area contributed by atoms with Gasteiger partial charge in [-0.25, -0.2) is 4.99 Å². The second-order valence-electron chi connectivity index (χ2n) is 7.91. The second kappa shape index (κ2) is 13.4. The molecule has 9 heteroatoms. The number of nitrogens with zero attached hydrogens (tertiary/aromatic N) is 3. The number of guanidine groups is 1. The minimum atomic E-state index is -0.165. The monoisotopic (exact) mass is 545 g/mol. The van der Waals surface area contributed by atoms with E-state index in [1.54, 1.807) is 7.11 Å². The van der Waals surface area contributed by atoms with Crippen LogP contribution in [0.5, 0.6) is 11.5 Å². The summed E-state index contributed by atoms with van der Waals surface area (Å²) in [5.41, 5.74) is 1.05. The lowest BCUT2D eigenvalue weighted by molar-refractivity contribution is 0.310. The predicted octanol–water partition coefficient (Wildman–Crippen LogP) is 4.08. The molecule has 1 aromatic heterocycles. The quantitative estimate of drug-likeness (QED) is 0.201. The highest BCUT2D eigenvalue weighted by molar-refractivity contribution is 14.0. The first-order valence-electron chi connectivity index (χ1n) is 10.5. The highest BCUT2D eigenvalue weighted by Crippen LogP contribution is 2.28. The summed E-state index contributed by atoms with van der Waals surface area (Å²) in [7, 11) is 1.65. The fourth-order valence-corrected chi connectivity index (χ4v) is 2.76. The fourth-order valence-electron chi connectivity index (χ4n) is 2.76. The Labute approximate surface area is 202 Å². The number of rotatable bonds is 10. The molecular formula is C22H36IN5O3. The third-order valence-corrected chi connectivity index (χ3v) is 4.30. The van der Waals surface area contributed by atoms with Gasteiger partial charge >= 0.3 is 0 Å². The van der Waals surface area contributed by atoms with Gasteiger partial charge in [-0.1, -0.05) is 32.0 Å². The lowest BCUT2D eigenvalue weighted by atomic mass is 9.97. The van der Waals surface area contributed by atoms with Crippen LogP contribution in [0.2, 0.25) is 0 Å². The molecule has 8 nitrogen and oxygen atoms in total. The van der Waals surface area contributed by atoms with E-state index in [1.807, 2.05) is 46.8 Å². The van der Waals surface area contributed by atoms with Crippen LogP contribution in [0.25, 0.3) is 0 Å². The van der Waals surface area contributed by atoms with Crippen LogP contribution in [0.15, 0.2) is 27.7 Å². The molecule has 31 heavy (non-hydrogen) atoms. The number of hydrogen-bond donors (Lipinski definition) is 2. The van der Waals surface area contributed by atoms with Gasteiger partial charge in [0.1, 0.15) is 6.54 Å². The Kier molecular flexibility index (Phi) is 11.7. The lowest BCUT2D eigenvalue weighted by Crippen LogP contribution is -2.37. The Morgan fingerprint density at radius 2 is 1.94 bits per heavy atom. The van der Waals surface area contributed by atoms with Gasteiger partial charge in [0.15, 0.2) is 23.3 Å². The Balaban J connectivity index is 0.00000480. The minimum Gasteiger partial charge on any atom is -0.493 e. The molecule has 0 saturated heterocycles. The van der Waals surface area contributed by atoms with E-state index in [9.17, 15) is 0 Å². The van der Waals surface area contributed by atoms with Crippen LogP contribution < -0.4 is 20.1 Å². The summed E-state index contributed by atoms with van der Waals surface area (Å²) in [4.78, 5) is 8.98. The van der Waals surface area contributed by atoms with Crippen molar-refractivity contribution in [3.05, 3.63) is 35.5 Å². The Hall–Kier alpha value is -2.04. The average Bonchev–Trinajstić information content (AvgIpc) is 3.19. The third-order valence-electron chi connectivity index (χ3n) is 4.30. The zero-order valence-electron chi connectivity index (χ0n) is 19.4. The van der Waals surface area contributed by atoms with Crippen LogP contribution in [-0.4, -0.2) is 42.9 Å². The van der Waals surface area contributed by atoms with Gasteiger partial charge in [-0.3, -0.25) is 0 Å². The van der Waals surface area contributed by atoms with Crippen molar-refractivity contribution in [1.82, 2.24) is 20.8 Å². The first-order valence-corrected chi connectivity index (χ1v) is 10.5. The molecule has 0 bridgehead atoms. The van der Waals surface area contributed by atoms with Crippen molar-refractivity contribution in [3.63, 3.8) is 0 Å². The van der Waals surface area contributed by atoms with E-state index in [-0.39, 0.29) is 29.4 Å². The molecule has 1 heterocycles. The van der Waals surface area contributed by atoms with E-state index in [0.29, 0.717) is 24.9 Å². The molecule has 0 atom stereocenters.